The van der Waals surface area contributed by atoms with Crippen molar-refractivity contribution in [2.45, 2.75) is 51.4 Å². The summed E-state index contributed by atoms with van der Waals surface area (Å²) in [6.07, 6.45) is 22.3. The molecule has 4 aromatic rings. The Balaban J connectivity index is 0.000000135. The van der Waals surface area contributed by atoms with E-state index >= 15 is 0 Å². The molecule has 1 heterocycles. The summed E-state index contributed by atoms with van der Waals surface area (Å²) in [4.78, 5) is 11.2. The highest BCUT2D eigenvalue weighted by molar-refractivity contribution is 5.88. The second-order valence-electron chi connectivity index (χ2n) is 14.0. The van der Waals surface area contributed by atoms with Gasteiger partial charge in [0, 0.05) is 17.5 Å². The summed E-state index contributed by atoms with van der Waals surface area (Å²) in [7, 11) is 0. The molecule has 0 spiro atoms. The van der Waals surface area contributed by atoms with E-state index in [1.807, 2.05) is 12.1 Å². The highest BCUT2D eigenvalue weighted by Crippen LogP contribution is 2.46. The van der Waals surface area contributed by atoms with Crippen LogP contribution in [0.1, 0.15) is 60.8 Å². The van der Waals surface area contributed by atoms with Crippen LogP contribution >= 0.6 is 0 Å². The molecule has 9 rings (SSSR count). The quantitative estimate of drug-likeness (QED) is 0.151. The van der Waals surface area contributed by atoms with Crippen LogP contribution < -0.4 is 10.4 Å². The van der Waals surface area contributed by atoms with Gasteiger partial charge in [0.25, 0.3) is 0 Å². The van der Waals surface area contributed by atoms with Crippen molar-refractivity contribution in [2.24, 2.45) is 35.5 Å². The first-order valence-electron chi connectivity index (χ1n) is 17.0. The van der Waals surface area contributed by atoms with Gasteiger partial charge in [-0.05, 0) is 133 Å². The first-order valence-corrected chi connectivity index (χ1v) is 17.0. The summed E-state index contributed by atoms with van der Waals surface area (Å²) >= 11 is 0. The molecule has 4 bridgehead atoms. The van der Waals surface area contributed by atoms with E-state index in [2.05, 4.69) is 78.9 Å². The van der Waals surface area contributed by atoms with Gasteiger partial charge < -0.3 is 9.15 Å². The van der Waals surface area contributed by atoms with Crippen LogP contribution in [0.5, 0.6) is 5.75 Å². The third-order valence-corrected chi connectivity index (χ3v) is 11.1. The second kappa shape index (κ2) is 12.4. The van der Waals surface area contributed by atoms with Crippen LogP contribution in [0, 0.1) is 35.5 Å². The van der Waals surface area contributed by atoms with E-state index in [0.29, 0.717) is 5.58 Å². The standard InChI is InChI=1S/C24H24.C18H18O3/c1-2-4-21-16-24(15-20(21)3-1)19-9-5-17(6-10-19)7-11-22-13-18-8-12-23(22)14-18;19-18-6-4-13-3-5-16(11-17(13)21-18)20-8-7-15-10-12-1-2-14(15)9-12/h1-6,8-10,12,15,18,22-23H,7,11,13-14,16H2;1-6,11-12,14-15H,7-10H2. The summed E-state index contributed by atoms with van der Waals surface area (Å²) < 4.78 is 11.0. The normalized spacial score (nSPS) is 26.6. The van der Waals surface area contributed by atoms with Crippen LogP contribution in [-0.2, 0) is 12.8 Å². The predicted octanol–water partition coefficient (Wildman–Crippen LogP) is 9.70. The Hall–Kier alpha value is -4.11. The third kappa shape index (κ3) is 6.23. The van der Waals surface area contributed by atoms with Gasteiger partial charge in [0.1, 0.15) is 11.3 Å². The lowest BCUT2D eigenvalue weighted by molar-refractivity contribution is 0.263. The van der Waals surface area contributed by atoms with Crippen molar-refractivity contribution >= 4 is 22.6 Å². The van der Waals surface area contributed by atoms with E-state index in [0.717, 1.165) is 66.1 Å². The summed E-state index contributed by atoms with van der Waals surface area (Å²) in [5, 5.41) is 0.917. The summed E-state index contributed by atoms with van der Waals surface area (Å²) in [6.45, 7) is 0.726. The van der Waals surface area contributed by atoms with Crippen molar-refractivity contribution in [3.63, 3.8) is 0 Å². The van der Waals surface area contributed by atoms with Gasteiger partial charge in [0.15, 0.2) is 0 Å². The van der Waals surface area contributed by atoms with E-state index in [1.54, 1.807) is 12.1 Å². The molecule has 6 unspecified atom stereocenters. The molecule has 0 saturated heterocycles. The van der Waals surface area contributed by atoms with E-state index in [9.17, 15) is 4.79 Å². The predicted molar refractivity (Wildman–Crippen MR) is 183 cm³/mol. The smallest absolute Gasteiger partial charge is 0.336 e. The fourth-order valence-corrected chi connectivity index (χ4v) is 8.61. The summed E-state index contributed by atoms with van der Waals surface area (Å²) in [6, 6.07) is 27.0. The number of hydrogen-bond donors (Lipinski definition) is 0. The Labute approximate surface area is 266 Å². The minimum Gasteiger partial charge on any atom is -0.493 e. The van der Waals surface area contributed by atoms with Gasteiger partial charge in [-0.25, -0.2) is 4.79 Å². The van der Waals surface area contributed by atoms with E-state index in [-0.39, 0.29) is 5.63 Å². The maximum atomic E-state index is 11.2. The van der Waals surface area contributed by atoms with Crippen LogP contribution in [0.15, 0.2) is 112 Å². The third-order valence-electron chi connectivity index (χ3n) is 11.1. The van der Waals surface area contributed by atoms with Crippen molar-refractivity contribution in [1.82, 2.24) is 0 Å². The minimum atomic E-state index is -0.326. The maximum Gasteiger partial charge on any atom is 0.336 e. The first kappa shape index (κ1) is 28.4. The molecule has 3 heteroatoms. The molecule has 1 aromatic heterocycles. The Kier molecular flexibility index (Phi) is 7.79. The van der Waals surface area contributed by atoms with Gasteiger partial charge in [0.05, 0.1) is 6.61 Å². The molecule has 45 heavy (non-hydrogen) atoms. The van der Waals surface area contributed by atoms with Crippen molar-refractivity contribution in [1.29, 1.82) is 0 Å². The van der Waals surface area contributed by atoms with Crippen molar-refractivity contribution in [2.75, 3.05) is 6.61 Å². The Bertz CT molecular complexity index is 1820. The summed E-state index contributed by atoms with van der Waals surface area (Å²) in [5.74, 6) is 5.86. The number of aryl methyl sites for hydroxylation is 1. The molecule has 3 nitrogen and oxygen atoms in total. The molecule has 2 saturated carbocycles. The minimum absolute atomic E-state index is 0.326. The molecule has 0 amide bonds. The molecule has 0 radical (unpaired) electrons. The zero-order valence-electron chi connectivity index (χ0n) is 25.9. The number of allylic oxidation sites excluding steroid dienone is 5. The number of ether oxygens (including phenoxy) is 1. The van der Waals surface area contributed by atoms with E-state index in [1.165, 1.54) is 72.4 Å². The summed E-state index contributed by atoms with van der Waals surface area (Å²) in [5.41, 5.74) is 7.46. The molecule has 3 aromatic carbocycles. The molecule has 0 aliphatic heterocycles. The van der Waals surface area contributed by atoms with Crippen LogP contribution in [0.2, 0.25) is 0 Å². The van der Waals surface area contributed by atoms with Crippen LogP contribution in [0.25, 0.3) is 22.6 Å². The van der Waals surface area contributed by atoms with Crippen molar-refractivity contribution < 1.29 is 9.15 Å². The lowest BCUT2D eigenvalue weighted by atomic mass is 9.88. The van der Waals surface area contributed by atoms with Gasteiger partial charge in [-0.2, -0.15) is 0 Å². The molecular weight excluding hydrogens is 552 g/mol. The van der Waals surface area contributed by atoms with Crippen LogP contribution in [-0.4, -0.2) is 6.61 Å². The molecule has 228 valence electrons. The topological polar surface area (TPSA) is 39.4 Å². The number of rotatable bonds is 8. The fourth-order valence-electron chi connectivity index (χ4n) is 8.61. The zero-order valence-corrected chi connectivity index (χ0v) is 25.9. The van der Waals surface area contributed by atoms with Crippen LogP contribution in [0.4, 0.5) is 0 Å². The Morgan fingerprint density at radius 1 is 0.733 bits per heavy atom. The number of hydrogen-bond acceptors (Lipinski definition) is 3. The van der Waals surface area contributed by atoms with Crippen molar-refractivity contribution in [3.8, 4) is 5.75 Å². The molecule has 5 aliphatic rings. The van der Waals surface area contributed by atoms with Gasteiger partial charge in [0.2, 0.25) is 0 Å². The lowest BCUT2D eigenvalue weighted by Crippen LogP contribution is -2.11. The monoisotopic (exact) mass is 594 g/mol. The second-order valence-corrected chi connectivity index (χ2v) is 14.0. The Morgan fingerprint density at radius 3 is 2.18 bits per heavy atom. The van der Waals surface area contributed by atoms with E-state index < -0.39 is 0 Å². The van der Waals surface area contributed by atoms with E-state index in [4.69, 9.17) is 9.15 Å². The molecule has 2 fully saturated rings. The molecule has 6 atom stereocenters. The SMILES string of the molecule is C1=CC2CC1CC2CCc1ccc(C2=Cc3ccccc3C2)cc1.O=c1ccc2ccc(OCCC3CC4C=CC3C4)cc2o1. The number of benzene rings is 3. The highest BCUT2D eigenvalue weighted by atomic mass is 16.5. The average Bonchev–Trinajstić information content (AvgIpc) is 3.92. The highest BCUT2D eigenvalue weighted by Gasteiger charge is 2.35. The Morgan fingerprint density at radius 2 is 1.47 bits per heavy atom. The molecule has 5 aliphatic carbocycles. The van der Waals surface area contributed by atoms with Gasteiger partial charge >= 0.3 is 5.63 Å². The lowest BCUT2D eigenvalue weighted by Gasteiger charge is -2.18. The largest absolute Gasteiger partial charge is 0.493 e. The molecule has 0 N–H and O–H groups in total. The molecular formula is C42H42O3. The number of fused-ring (bicyclic) bond motifs is 6. The average molecular weight is 595 g/mol. The van der Waals surface area contributed by atoms with Gasteiger partial charge in [-0.1, -0.05) is 78.9 Å². The van der Waals surface area contributed by atoms with Crippen LogP contribution in [0.3, 0.4) is 0 Å². The van der Waals surface area contributed by atoms with Gasteiger partial charge in [-0.3, -0.25) is 0 Å². The van der Waals surface area contributed by atoms with Crippen molar-refractivity contribution in [3.05, 3.63) is 136 Å². The zero-order chi connectivity index (χ0) is 30.2. The fraction of sp³-hybridized carbons (Fsp3) is 0.357. The first-order chi connectivity index (χ1) is 22.1. The maximum absolute atomic E-state index is 11.2. The van der Waals surface area contributed by atoms with Gasteiger partial charge in [-0.15, -0.1) is 0 Å².